The first kappa shape index (κ1) is 31.7. The summed E-state index contributed by atoms with van der Waals surface area (Å²) in [5.41, 5.74) is 4.67. The van der Waals surface area contributed by atoms with Crippen LogP contribution in [0.4, 0.5) is 22.7 Å². The summed E-state index contributed by atoms with van der Waals surface area (Å²) in [5, 5.41) is 5.68. The van der Waals surface area contributed by atoms with Crippen LogP contribution in [0.3, 0.4) is 0 Å². The maximum atomic E-state index is 13.6. The van der Waals surface area contributed by atoms with Crippen LogP contribution in [0, 0.1) is 0 Å². The van der Waals surface area contributed by atoms with E-state index in [2.05, 4.69) is 10.6 Å². The van der Waals surface area contributed by atoms with E-state index in [4.69, 9.17) is 0 Å². The van der Waals surface area contributed by atoms with Crippen LogP contribution >= 0.6 is 23.5 Å². The molecule has 1 aliphatic heterocycles. The van der Waals surface area contributed by atoms with Crippen molar-refractivity contribution in [3.63, 3.8) is 0 Å². The second-order valence-electron chi connectivity index (χ2n) is 10.9. The minimum atomic E-state index is -0.457. The molecule has 0 aliphatic carbocycles. The number of thioether (sulfide) groups is 1. The molecule has 0 unspecified atom stereocenters. The summed E-state index contributed by atoms with van der Waals surface area (Å²) >= 11 is 3.10. The molecule has 0 aromatic heterocycles. The third kappa shape index (κ3) is 7.60. The van der Waals surface area contributed by atoms with E-state index in [9.17, 15) is 14.4 Å². The minimum Gasteiger partial charge on any atom is -0.378 e. The van der Waals surface area contributed by atoms with Gasteiger partial charge in [-0.05, 0) is 84.4 Å². The number of rotatable bonds is 9. The predicted octanol–water partition coefficient (Wildman–Crippen LogP) is 8.08. The van der Waals surface area contributed by atoms with Crippen molar-refractivity contribution < 1.29 is 14.4 Å². The Labute approximate surface area is 282 Å². The van der Waals surface area contributed by atoms with E-state index in [0.29, 0.717) is 11.3 Å². The molecule has 0 bridgehead atoms. The van der Waals surface area contributed by atoms with Gasteiger partial charge in [0, 0.05) is 45.7 Å². The summed E-state index contributed by atoms with van der Waals surface area (Å²) in [6.45, 7) is 0. The molecular formula is C38H32N4O3S2. The number of nitrogens with zero attached hydrogens (tertiary/aromatic N) is 2. The zero-order valence-electron chi connectivity index (χ0n) is 25.8. The number of benzene rings is 5. The lowest BCUT2D eigenvalue weighted by molar-refractivity contribution is -0.115. The number of para-hydroxylation sites is 2. The quantitative estimate of drug-likeness (QED) is 0.123. The first-order valence-corrected chi connectivity index (χ1v) is 16.7. The molecule has 0 saturated carbocycles. The normalized spacial score (nSPS) is 12.0. The average Bonchev–Trinajstić information content (AvgIpc) is 3.10. The van der Waals surface area contributed by atoms with Crippen LogP contribution in [-0.2, 0) is 9.59 Å². The summed E-state index contributed by atoms with van der Waals surface area (Å²) in [6, 6.07) is 39.6. The van der Waals surface area contributed by atoms with Crippen LogP contribution in [0.25, 0.3) is 6.08 Å². The van der Waals surface area contributed by atoms with Crippen molar-refractivity contribution in [1.82, 2.24) is 5.32 Å². The van der Waals surface area contributed by atoms with E-state index >= 15 is 0 Å². The van der Waals surface area contributed by atoms with Crippen molar-refractivity contribution in [2.24, 2.45) is 0 Å². The smallest absolute Gasteiger partial charge is 0.272 e. The number of anilines is 4. The van der Waals surface area contributed by atoms with E-state index in [1.807, 2.05) is 110 Å². The molecule has 7 nitrogen and oxygen atoms in total. The number of carbonyl (C=O) groups excluding carboxylic acids is 3. The molecule has 9 heteroatoms. The molecule has 0 saturated heterocycles. The van der Waals surface area contributed by atoms with Crippen molar-refractivity contribution in [3.8, 4) is 0 Å². The number of carbonyl (C=O) groups is 3. The maximum absolute atomic E-state index is 13.6. The fourth-order valence-corrected chi connectivity index (χ4v) is 6.80. The fraction of sp³-hybridized carbons (Fsp3) is 0.0789. The van der Waals surface area contributed by atoms with Gasteiger partial charge in [-0.1, -0.05) is 66.4 Å². The Morgan fingerprint density at radius 3 is 1.96 bits per heavy atom. The molecule has 0 radical (unpaired) electrons. The highest BCUT2D eigenvalue weighted by Gasteiger charge is 2.27. The highest BCUT2D eigenvalue weighted by atomic mass is 32.2. The van der Waals surface area contributed by atoms with Crippen LogP contribution < -0.4 is 20.4 Å². The van der Waals surface area contributed by atoms with Gasteiger partial charge in [-0.2, -0.15) is 0 Å². The molecule has 2 N–H and O–H groups in total. The molecule has 0 atom stereocenters. The highest BCUT2D eigenvalue weighted by molar-refractivity contribution is 8.00. The van der Waals surface area contributed by atoms with E-state index < -0.39 is 5.91 Å². The van der Waals surface area contributed by atoms with Crippen LogP contribution in [0.2, 0.25) is 0 Å². The van der Waals surface area contributed by atoms with Gasteiger partial charge in [0.15, 0.2) is 0 Å². The van der Waals surface area contributed by atoms with E-state index in [1.165, 1.54) is 11.8 Å². The van der Waals surface area contributed by atoms with Gasteiger partial charge in [-0.25, -0.2) is 0 Å². The van der Waals surface area contributed by atoms with Crippen LogP contribution in [0.15, 0.2) is 148 Å². The van der Waals surface area contributed by atoms with Gasteiger partial charge in [-0.15, -0.1) is 11.8 Å². The average molecular weight is 657 g/mol. The topological polar surface area (TPSA) is 81.8 Å². The predicted molar refractivity (Wildman–Crippen MR) is 193 cm³/mol. The van der Waals surface area contributed by atoms with Crippen molar-refractivity contribution in [2.75, 3.05) is 35.0 Å². The first-order valence-electron chi connectivity index (χ1n) is 14.9. The largest absolute Gasteiger partial charge is 0.378 e. The summed E-state index contributed by atoms with van der Waals surface area (Å²) in [6.07, 6.45) is 1.65. The van der Waals surface area contributed by atoms with E-state index in [0.717, 1.165) is 37.3 Å². The SMILES string of the molecule is CN(C)c1ccc(/C=C(\NC(=O)c2ccccc2)C(=O)Nc2ccc(SCC(=O)N3c4ccccc4Sc4ccccc43)cc2)cc1. The Hall–Kier alpha value is -5.25. The molecule has 1 heterocycles. The molecule has 0 fully saturated rings. The van der Waals surface area contributed by atoms with Gasteiger partial charge >= 0.3 is 0 Å². The molecule has 5 aromatic carbocycles. The second kappa shape index (κ2) is 14.5. The van der Waals surface area contributed by atoms with Crippen molar-refractivity contribution in [1.29, 1.82) is 0 Å². The third-order valence-electron chi connectivity index (χ3n) is 7.41. The Morgan fingerprint density at radius 1 is 0.745 bits per heavy atom. The number of hydrogen-bond acceptors (Lipinski definition) is 6. The Morgan fingerprint density at radius 2 is 1.34 bits per heavy atom. The van der Waals surface area contributed by atoms with Crippen molar-refractivity contribution in [2.45, 2.75) is 14.7 Å². The van der Waals surface area contributed by atoms with Gasteiger partial charge in [0.25, 0.3) is 11.8 Å². The number of amides is 3. The summed E-state index contributed by atoms with van der Waals surface area (Å²) in [5.74, 6) is -0.618. The summed E-state index contributed by atoms with van der Waals surface area (Å²) in [4.78, 5) is 46.8. The molecule has 0 spiro atoms. The van der Waals surface area contributed by atoms with E-state index in [1.54, 1.807) is 59.1 Å². The van der Waals surface area contributed by atoms with Gasteiger partial charge < -0.3 is 15.5 Å². The lowest BCUT2D eigenvalue weighted by atomic mass is 10.1. The molecule has 234 valence electrons. The van der Waals surface area contributed by atoms with E-state index in [-0.39, 0.29) is 23.3 Å². The molecule has 5 aromatic rings. The Kier molecular flexibility index (Phi) is 9.75. The highest BCUT2D eigenvalue weighted by Crippen LogP contribution is 2.48. The zero-order valence-corrected chi connectivity index (χ0v) is 27.5. The van der Waals surface area contributed by atoms with Crippen molar-refractivity contribution >= 4 is 70.1 Å². The van der Waals surface area contributed by atoms with Crippen LogP contribution in [-0.4, -0.2) is 37.6 Å². The zero-order chi connectivity index (χ0) is 32.8. The van der Waals surface area contributed by atoms with Gasteiger partial charge in [-0.3, -0.25) is 19.3 Å². The minimum absolute atomic E-state index is 0.0184. The number of fused-ring (bicyclic) bond motifs is 2. The summed E-state index contributed by atoms with van der Waals surface area (Å²) in [7, 11) is 3.91. The number of hydrogen-bond donors (Lipinski definition) is 2. The fourth-order valence-electron chi connectivity index (χ4n) is 4.99. The molecule has 47 heavy (non-hydrogen) atoms. The van der Waals surface area contributed by atoms with Crippen LogP contribution in [0.5, 0.6) is 0 Å². The van der Waals surface area contributed by atoms with Gasteiger partial charge in [0.05, 0.1) is 17.1 Å². The standard InChI is InChI=1S/C38H32N4O3S2/c1-41(2)29-20-16-26(17-21-29)24-31(40-37(44)27-10-4-3-5-11-27)38(45)39-28-18-22-30(23-19-28)46-25-36(43)42-32-12-6-8-14-34(32)47-35-15-9-7-13-33(35)42/h3-24H,25H2,1-2H3,(H,39,45)(H,40,44)/b31-24-. The maximum Gasteiger partial charge on any atom is 0.272 e. The van der Waals surface area contributed by atoms with Gasteiger partial charge in [0.2, 0.25) is 5.91 Å². The van der Waals surface area contributed by atoms with Gasteiger partial charge in [0.1, 0.15) is 5.70 Å². The molecule has 1 aliphatic rings. The monoisotopic (exact) mass is 656 g/mol. The second-order valence-corrected chi connectivity index (χ2v) is 13.0. The van der Waals surface area contributed by atoms with Crippen LogP contribution in [0.1, 0.15) is 15.9 Å². The Balaban J connectivity index is 1.14. The molecule has 3 amide bonds. The summed E-state index contributed by atoms with van der Waals surface area (Å²) < 4.78 is 0. The number of nitrogens with one attached hydrogen (secondary N) is 2. The lowest BCUT2D eigenvalue weighted by Gasteiger charge is -2.31. The molecule has 6 rings (SSSR count). The molecular weight excluding hydrogens is 625 g/mol. The third-order valence-corrected chi connectivity index (χ3v) is 9.53. The first-order chi connectivity index (χ1) is 22.9. The lowest BCUT2D eigenvalue weighted by Crippen LogP contribution is -2.30. The Bertz CT molecular complexity index is 1900. The van der Waals surface area contributed by atoms with Crippen molar-refractivity contribution in [3.05, 3.63) is 144 Å².